The third-order valence-electron chi connectivity index (χ3n) is 2.98. The Morgan fingerprint density at radius 3 is 3.19 bits per heavy atom. The van der Waals surface area contributed by atoms with Gasteiger partial charge in [0.05, 0.1) is 7.11 Å². The maximum absolute atomic E-state index is 5.92. The van der Waals surface area contributed by atoms with Crippen LogP contribution in [-0.4, -0.2) is 31.1 Å². The Balaban J connectivity index is 2.10. The largest absolute Gasteiger partial charge is 0.481 e. The molecule has 1 unspecified atom stereocenters. The third-order valence-corrected chi connectivity index (χ3v) is 3.42. The molecule has 1 aromatic heterocycles. The van der Waals surface area contributed by atoms with Gasteiger partial charge in [-0.1, -0.05) is 6.07 Å². The third kappa shape index (κ3) is 2.59. The fourth-order valence-electron chi connectivity index (χ4n) is 2.09. The Morgan fingerprint density at radius 1 is 1.56 bits per heavy atom. The molecule has 2 rings (SSSR count). The summed E-state index contributed by atoms with van der Waals surface area (Å²) in [6.45, 7) is 2.07. The SMILES string of the molecule is COc1cccc(N2CCCC(CCl)C2)n1. The predicted molar refractivity (Wildman–Crippen MR) is 66.4 cm³/mol. The number of hydrogen-bond donors (Lipinski definition) is 0. The zero-order valence-corrected chi connectivity index (χ0v) is 10.3. The molecule has 0 saturated carbocycles. The maximum Gasteiger partial charge on any atom is 0.214 e. The van der Waals surface area contributed by atoms with Crippen molar-refractivity contribution in [3.63, 3.8) is 0 Å². The van der Waals surface area contributed by atoms with Crippen LogP contribution in [0.4, 0.5) is 5.82 Å². The lowest BCUT2D eigenvalue weighted by molar-refractivity contribution is 0.395. The van der Waals surface area contributed by atoms with E-state index in [2.05, 4.69) is 9.88 Å². The molecule has 0 amide bonds. The molecule has 1 aliphatic heterocycles. The van der Waals surface area contributed by atoms with E-state index in [1.807, 2.05) is 18.2 Å². The summed E-state index contributed by atoms with van der Waals surface area (Å²) in [5, 5.41) is 0. The number of pyridine rings is 1. The molecule has 0 N–H and O–H groups in total. The molecule has 0 radical (unpaired) electrons. The maximum atomic E-state index is 5.92. The molecule has 0 aliphatic carbocycles. The molecule has 3 nitrogen and oxygen atoms in total. The Kier molecular flexibility index (Phi) is 3.88. The number of rotatable bonds is 3. The van der Waals surface area contributed by atoms with Crippen molar-refractivity contribution in [3.05, 3.63) is 18.2 Å². The summed E-state index contributed by atoms with van der Waals surface area (Å²) in [4.78, 5) is 6.74. The normalized spacial score (nSPS) is 20.9. The predicted octanol–water partition coefficient (Wildman–Crippen LogP) is 2.55. The van der Waals surface area contributed by atoms with Crippen LogP contribution in [0.15, 0.2) is 18.2 Å². The summed E-state index contributed by atoms with van der Waals surface area (Å²) in [6, 6.07) is 5.87. The van der Waals surface area contributed by atoms with Gasteiger partial charge in [-0.2, -0.15) is 4.98 Å². The van der Waals surface area contributed by atoms with Gasteiger partial charge in [0.1, 0.15) is 5.82 Å². The van der Waals surface area contributed by atoms with Crippen LogP contribution < -0.4 is 9.64 Å². The van der Waals surface area contributed by atoms with Gasteiger partial charge in [0.2, 0.25) is 5.88 Å². The Bertz CT molecular complexity index is 346. The monoisotopic (exact) mass is 240 g/mol. The highest BCUT2D eigenvalue weighted by molar-refractivity contribution is 6.18. The molecule has 1 atom stereocenters. The van der Waals surface area contributed by atoms with E-state index < -0.39 is 0 Å². The second-order valence-electron chi connectivity index (χ2n) is 4.15. The van der Waals surface area contributed by atoms with Crippen LogP contribution in [0.3, 0.4) is 0 Å². The van der Waals surface area contributed by atoms with Crippen molar-refractivity contribution in [2.45, 2.75) is 12.8 Å². The minimum atomic E-state index is 0.586. The smallest absolute Gasteiger partial charge is 0.214 e. The molecule has 16 heavy (non-hydrogen) atoms. The Hall–Kier alpha value is -0.960. The van der Waals surface area contributed by atoms with Crippen LogP contribution in [-0.2, 0) is 0 Å². The number of nitrogens with zero attached hydrogens (tertiary/aromatic N) is 2. The van der Waals surface area contributed by atoms with Crippen molar-refractivity contribution in [3.8, 4) is 5.88 Å². The zero-order valence-electron chi connectivity index (χ0n) is 9.53. The van der Waals surface area contributed by atoms with E-state index in [9.17, 15) is 0 Å². The molecule has 0 spiro atoms. The molecule has 1 fully saturated rings. The van der Waals surface area contributed by atoms with Crippen molar-refractivity contribution in [2.24, 2.45) is 5.92 Å². The molecule has 0 aromatic carbocycles. The molecule has 1 saturated heterocycles. The minimum Gasteiger partial charge on any atom is -0.481 e. The second kappa shape index (κ2) is 5.39. The summed E-state index contributed by atoms with van der Waals surface area (Å²) < 4.78 is 5.13. The minimum absolute atomic E-state index is 0.586. The van der Waals surface area contributed by atoms with Crippen molar-refractivity contribution >= 4 is 17.4 Å². The van der Waals surface area contributed by atoms with Gasteiger partial charge in [0.15, 0.2) is 0 Å². The summed E-state index contributed by atoms with van der Waals surface area (Å²) in [7, 11) is 1.64. The van der Waals surface area contributed by atoms with Crippen LogP contribution in [0.5, 0.6) is 5.88 Å². The van der Waals surface area contributed by atoms with E-state index in [-0.39, 0.29) is 0 Å². The lowest BCUT2D eigenvalue weighted by Gasteiger charge is -2.32. The van der Waals surface area contributed by atoms with Crippen molar-refractivity contribution < 1.29 is 4.74 Å². The van der Waals surface area contributed by atoms with E-state index in [1.54, 1.807) is 7.11 Å². The van der Waals surface area contributed by atoms with Gasteiger partial charge in [-0.3, -0.25) is 0 Å². The second-order valence-corrected chi connectivity index (χ2v) is 4.46. The number of anilines is 1. The van der Waals surface area contributed by atoms with Gasteiger partial charge in [-0.05, 0) is 24.8 Å². The first-order chi connectivity index (χ1) is 7.83. The molecule has 1 aromatic rings. The van der Waals surface area contributed by atoms with E-state index in [0.717, 1.165) is 24.8 Å². The first-order valence-corrected chi connectivity index (χ1v) is 6.19. The molecule has 88 valence electrons. The summed E-state index contributed by atoms with van der Waals surface area (Å²) in [5.41, 5.74) is 0. The quantitative estimate of drug-likeness (QED) is 0.760. The average Bonchev–Trinajstić information content (AvgIpc) is 2.39. The molecule has 4 heteroatoms. The lowest BCUT2D eigenvalue weighted by Crippen LogP contribution is -2.36. The highest BCUT2D eigenvalue weighted by atomic mass is 35.5. The van der Waals surface area contributed by atoms with E-state index in [4.69, 9.17) is 16.3 Å². The lowest BCUT2D eigenvalue weighted by atomic mass is 10.0. The number of alkyl halides is 1. The fraction of sp³-hybridized carbons (Fsp3) is 0.583. The number of methoxy groups -OCH3 is 1. The van der Waals surface area contributed by atoms with Gasteiger partial charge in [0.25, 0.3) is 0 Å². The van der Waals surface area contributed by atoms with Crippen LogP contribution in [0, 0.1) is 5.92 Å². The zero-order chi connectivity index (χ0) is 11.4. The highest BCUT2D eigenvalue weighted by Gasteiger charge is 2.20. The topological polar surface area (TPSA) is 25.4 Å². The van der Waals surface area contributed by atoms with Crippen LogP contribution in [0.25, 0.3) is 0 Å². The van der Waals surface area contributed by atoms with Crippen LogP contribution in [0.1, 0.15) is 12.8 Å². The van der Waals surface area contributed by atoms with Crippen LogP contribution in [0.2, 0.25) is 0 Å². The average molecular weight is 241 g/mol. The van der Waals surface area contributed by atoms with E-state index >= 15 is 0 Å². The van der Waals surface area contributed by atoms with Crippen molar-refractivity contribution in [2.75, 3.05) is 31.0 Å². The number of hydrogen-bond acceptors (Lipinski definition) is 3. The highest BCUT2D eigenvalue weighted by Crippen LogP contribution is 2.23. The Morgan fingerprint density at radius 2 is 2.44 bits per heavy atom. The summed E-state index contributed by atoms with van der Waals surface area (Å²) in [6.07, 6.45) is 2.42. The van der Waals surface area contributed by atoms with Gasteiger partial charge in [-0.15, -0.1) is 11.6 Å². The van der Waals surface area contributed by atoms with Gasteiger partial charge in [0, 0.05) is 25.0 Å². The van der Waals surface area contributed by atoms with E-state index in [0.29, 0.717) is 11.8 Å². The van der Waals surface area contributed by atoms with Crippen molar-refractivity contribution in [1.29, 1.82) is 0 Å². The first kappa shape index (κ1) is 11.5. The van der Waals surface area contributed by atoms with Gasteiger partial charge < -0.3 is 9.64 Å². The standard InChI is InChI=1S/C12H17ClN2O/c1-16-12-6-2-5-11(14-12)15-7-3-4-10(8-13)9-15/h2,5-6,10H,3-4,7-9H2,1H3. The molecular formula is C12H17ClN2O. The fourth-order valence-corrected chi connectivity index (χ4v) is 2.34. The number of ether oxygens (including phenoxy) is 1. The van der Waals surface area contributed by atoms with Gasteiger partial charge in [-0.25, -0.2) is 0 Å². The molecule has 0 bridgehead atoms. The number of piperidine rings is 1. The molecule has 1 aliphatic rings. The Labute approximate surface area is 101 Å². The first-order valence-electron chi connectivity index (χ1n) is 5.65. The van der Waals surface area contributed by atoms with Crippen LogP contribution >= 0.6 is 11.6 Å². The van der Waals surface area contributed by atoms with E-state index in [1.165, 1.54) is 12.8 Å². The number of aromatic nitrogens is 1. The van der Waals surface area contributed by atoms with Crippen molar-refractivity contribution in [1.82, 2.24) is 4.98 Å². The summed E-state index contributed by atoms with van der Waals surface area (Å²) >= 11 is 5.92. The molecular weight excluding hydrogens is 224 g/mol. The summed E-state index contributed by atoms with van der Waals surface area (Å²) in [5.74, 6) is 2.99. The number of halogens is 1. The van der Waals surface area contributed by atoms with Gasteiger partial charge >= 0.3 is 0 Å². The molecule has 2 heterocycles.